The zero-order chi connectivity index (χ0) is 18.4. The normalized spacial score (nSPS) is 14.5. The van der Waals surface area contributed by atoms with Crippen LogP contribution in [0.4, 0.5) is 5.69 Å². The van der Waals surface area contributed by atoms with Gasteiger partial charge in [0.05, 0.1) is 18.5 Å². The smallest absolute Gasteiger partial charge is 0.310 e. The van der Waals surface area contributed by atoms with Gasteiger partial charge in [0.25, 0.3) is 0 Å². The third kappa shape index (κ3) is 2.69. The second-order valence-electron chi connectivity index (χ2n) is 7.03. The van der Waals surface area contributed by atoms with Crippen LogP contribution in [0.5, 0.6) is 5.75 Å². The van der Waals surface area contributed by atoms with Gasteiger partial charge in [0.15, 0.2) is 0 Å². The first-order chi connectivity index (χ1) is 12.5. The lowest BCUT2D eigenvalue weighted by Gasteiger charge is -2.39. The quantitative estimate of drug-likeness (QED) is 0.778. The number of carboxylic acids is 1. The SMILES string of the molecule is COc1ccc2c(c1)c(C)cn2-c1cc(C)cc(N2CC(C(=O)O)C2)c1. The molecule has 0 bridgehead atoms. The lowest BCUT2D eigenvalue weighted by Crippen LogP contribution is -2.50. The van der Waals surface area contributed by atoms with Crippen molar-refractivity contribution in [1.29, 1.82) is 0 Å². The number of carboxylic acid groups (broad SMARTS) is 1. The highest BCUT2D eigenvalue weighted by molar-refractivity contribution is 5.87. The summed E-state index contributed by atoms with van der Waals surface area (Å²) in [5.41, 5.74) is 5.64. The summed E-state index contributed by atoms with van der Waals surface area (Å²) < 4.78 is 7.54. The number of aryl methyl sites for hydroxylation is 2. The van der Waals surface area contributed by atoms with Crippen LogP contribution >= 0.6 is 0 Å². The van der Waals surface area contributed by atoms with Crippen molar-refractivity contribution in [3.63, 3.8) is 0 Å². The molecule has 4 rings (SSSR count). The summed E-state index contributed by atoms with van der Waals surface area (Å²) in [5.74, 6) is -0.125. The first-order valence-corrected chi connectivity index (χ1v) is 8.72. The molecule has 0 spiro atoms. The van der Waals surface area contributed by atoms with Gasteiger partial charge in [-0.05, 0) is 61.4 Å². The Hall–Kier alpha value is -2.95. The average Bonchev–Trinajstić information content (AvgIpc) is 2.89. The highest BCUT2D eigenvalue weighted by Crippen LogP contribution is 2.32. The number of nitrogens with zero attached hydrogens (tertiary/aromatic N) is 2. The minimum atomic E-state index is -0.713. The molecule has 1 fully saturated rings. The number of methoxy groups -OCH3 is 1. The number of anilines is 1. The van der Waals surface area contributed by atoms with Gasteiger partial charge in [0.2, 0.25) is 0 Å². The standard InChI is InChI=1S/C21H22N2O3/c1-13-6-16(22-11-15(12-22)21(24)25)8-17(7-13)23-10-14(2)19-9-18(26-3)4-5-20(19)23/h4-10,15H,11-12H2,1-3H3,(H,24,25). The van der Waals surface area contributed by atoms with E-state index in [4.69, 9.17) is 9.84 Å². The first kappa shape index (κ1) is 16.5. The van der Waals surface area contributed by atoms with Crippen LogP contribution in [-0.2, 0) is 4.79 Å². The summed E-state index contributed by atoms with van der Waals surface area (Å²) in [6, 6.07) is 12.5. The highest BCUT2D eigenvalue weighted by atomic mass is 16.5. The number of hydrogen-bond acceptors (Lipinski definition) is 3. The van der Waals surface area contributed by atoms with Crippen LogP contribution in [0.25, 0.3) is 16.6 Å². The van der Waals surface area contributed by atoms with E-state index in [1.807, 2.05) is 6.07 Å². The predicted molar refractivity (Wildman–Crippen MR) is 103 cm³/mol. The molecular weight excluding hydrogens is 328 g/mol. The van der Waals surface area contributed by atoms with Gasteiger partial charge < -0.3 is 19.3 Å². The van der Waals surface area contributed by atoms with Gasteiger partial charge in [-0.25, -0.2) is 0 Å². The number of ether oxygens (including phenoxy) is 1. The summed E-state index contributed by atoms with van der Waals surface area (Å²) in [7, 11) is 1.68. The third-order valence-corrected chi connectivity index (χ3v) is 5.13. The van der Waals surface area contributed by atoms with E-state index in [9.17, 15) is 4.79 Å². The van der Waals surface area contributed by atoms with Crippen molar-refractivity contribution in [2.24, 2.45) is 5.92 Å². The monoisotopic (exact) mass is 350 g/mol. The Morgan fingerprint density at radius 2 is 1.85 bits per heavy atom. The van der Waals surface area contributed by atoms with Crippen molar-refractivity contribution in [2.75, 3.05) is 25.1 Å². The first-order valence-electron chi connectivity index (χ1n) is 8.72. The number of aliphatic carboxylic acids is 1. The maximum Gasteiger partial charge on any atom is 0.310 e. The summed E-state index contributed by atoms with van der Waals surface area (Å²) in [5, 5.41) is 10.3. The summed E-state index contributed by atoms with van der Waals surface area (Å²) in [6.07, 6.45) is 2.14. The molecule has 3 aromatic rings. The van der Waals surface area contributed by atoms with E-state index in [1.165, 1.54) is 10.9 Å². The molecule has 0 saturated carbocycles. The Morgan fingerprint density at radius 3 is 2.54 bits per heavy atom. The van der Waals surface area contributed by atoms with Crippen LogP contribution in [0, 0.1) is 19.8 Å². The Balaban J connectivity index is 1.75. The fourth-order valence-corrected chi connectivity index (χ4v) is 3.62. The number of carbonyl (C=O) groups is 1. The molecule has 1 aliphatic rings. The Bertz CT molecular complexity index is 1000. The van der Waals surface area contributed by atoms with E-state index in [2.05, 4.69) is 59.8 Å². The van der Waals surface area contributed by atoms with Crippen molar-refractivity contribution < 1.29 is 14.6 Å². The molecule has 5 heteroatoms. The molecule has 1 N–H and O–H groups in total. The van der Waals surface area contributed by atoms with Crippen LogP contribution in [0.2, 0.25) is 0 Å². The largest absolute Gasteiger partial charge is 0.497 e. The molecule has 0 unspecified atom stereocenters. The molecule has 134 valence electrons. The molecule has 1 aliphatic heterocycles. The van der Waals surface area contributed by atoms with Gasteiger partial charge in [-0.3, -0.25) is 4.79 Å². The third-order valence-electron chi connectivity index (χ3n) is 5.13. The predicted octanol–water partition coefficient (Wildman–Crippen LogP) is 3.78. The molecule has 26 heavy (non-hydrogen) atoms. The highest BCUT2D eigenvalue weighted by Gasteiger charge is 2.32. The van der Waals surface area contributed by atoms with Crippen molar-refractivity contribution in [3.05, 3.63) is 53.7 Å². The number of aromatic nitrogens is 1. The molecule has 5 nitrogen and oxygen atoms in total. The van der Waals surface area contributed by atoms with E-state index in [0.717, 1.165) is 28.2 Å². The van der Waals surface area contributed by atoms with Crippen molar-refractivity contribution in [2.45, 2.75) is 13.8 Å². The van der Waals surface area contributed by atoms with E-state index in [-0.39, 0.29) is 5.92 Å². The fourth-order valence-electron chi connectivity index (χ4n) is 3.62. The van der Waals surface area contributed by atoms with Crippen LogP contribution < -0.4 is 9.64 Å². The van der Waals surface area contributed by atoms with E-state index in [1.54, 1.807) is 7.11 Å². The zero-order valence-electron chi connectivity index (χ0n) is 15.2. The van der Waals surface area contributed by atoms with Gasteiger partial charge >= 0.3 is 5.97 Å². The minimum absolute atomic E-state index is 0.263. The molecule has 0 aliphatic carbocycles. The second-order valence-corrected chi connectivity index (χ2v) is 7.03. The van der Waals surface area contributed by atoms with Gasteiger partial charge in [-0.2, -0.15) is 0 Å². The average molecular weight is 350 g/mol. The molecule has 0 atom stereocenters. The van der Waals surface area contributed by atoms with E-state index >= 15 is 0 Å². The van der Waals surface area contributed by atoms with E-state index in [0.29, 0.717) is 13.1 Å². The Labute approximate surface area is 152 Å². The number of benzene rings is 2. The number of fused-ring (bicyclic) bond motifs is 1. The molecule has 1 saturated heterocycles. The topological polar surface area (TPSA) is 54.7 Å². The van der Waals surface area contributed by atoms with Crippen molar-refractivity contribution in [3.8, 4) is 11.4 Å². The molecule has 2 heterocycles. The van der Waals surface area contributed by atoms with Crippen molar-refractivity contribution in [1.82, 2.24) is 4.57 Å². The molecular formula is C21H22N2O3. The van der Waals surface area contributed by atoms with Gasteiger partial charge in [0.1, 0.15) is 5.75 Å². The summed E-state index contributed by atoms with van der Waals surface area (Å²) >= 11 is 0. The maximum absolute atomic E-state index is 11.1. The van der Waals surface area contributed by atoms with Gasteiger partial charge in [0, 0.05) is 36.0 Å². The van der Waals surface area contributed by atoms with Crippen LogP contribution in [0.15, 0.2) is 42.6 Å². The molecule has 0 radical (unpaired) electrons. The Kier molecular flexibility index (Phi) is 3.87. The summed E-state index contributed by atoms with van der Waals surface area (Å²) in [4.78, 5) is 13.2. The van der Waals surface area contributed by atoms with Gasteiger partial charge in [-0.15, -0.1) is 0 Å². The number of rotatable bonds is 4. The Morgan fingerprint density at radius 1 is 1.12 bits per heavy atom. The van der Waals surface area contributed by atoms with Crippen LogP contribution in [-0.4, -0.2) is 35.8 Å². The van der Waals surface area contributed by atoms with Gasteiger partial charge in [-0.1, -0.05) is 0 Å². The number of hydrogen-bond donors (Lipinski definition) is 1. The molecule has 1 aromatic heterocycles. The zero-order valence-corrected chi connectivity index (χ0v) is 15.2. The summed E-state index contributed by atoms with van der Waals surface area (Å²) in [6.45, 7) is 5.31. The van der Waals surface area contributed by atoms with E-state index < -0.39 is 5.97 Å². The maximum atomic E-state index is 11.1. The van der Waals surface area contributed by atoms with Crippen molar-refractivity contribution >= 4 is 22.6 Å². The second kappa shape index (κ2) is 6.09. The molecule has 0 amide bonds. The lowest BCUT2D eigenvalue weighted by atomic mass is 9.99. The molecule has 2 aromatic carbocycles. The minimum Gasteiger partial charge on any atom is -0.497 e. The van der Waals surface area contributed by atoms with Crippen LogP contribution in [0.1, 0.15) is 11.1 Å². The van der Waals surface area contributed by atoms with Crippen LogP contribution in [0.3, 0.4) is 0 Å². The lowest BCUT2D eigenvalue weighted by molar-refractivity contribution is -0.142. The fraction of sp³-hybridized carbons (Fsp3) is 0.286.